The summed E-state index contributed by atoms with van der Waals surface area (Å²) in [5, 5.41) is 17.7. The van der Waals surface area contributed by atoms with Crippen LogP contribution in [-0.4, -0.2) is 10.9 Å². The molecule has 0 radical (unpaired) electrons. The molecule has 0 aromatic carbocycles. The minimum atomic E-state index is -0.829. The van der Waals surface area contributed by atoms with E-state index in [9.17, 15) is 9.90 Å². The first-order chi connectivity index (χ1) is 6.11. The first-order valence-electron chi connectivity index (χ1n) is 4.38. The van der Waals surface area contributed by atoms with Gasteiger partial charge in [0.15, 0.2) is 10.7 Å². The molecule has 4 heteroatoms. The molecule has 1 N–H and O–H groups in total. The number of hydrogen-bond acceptors (Lipinski definition) is 3. The summed E-state index contributed by atoms with van der Waals surface area (Å²) in [5.41, 5.74) is -0.829. The maximum atomic E-state index is 11.5. The number of Topliss-reactive ketones (excluding diaryl/α,β-unsaturated/α-hetero) is 1. The van der Waals surface area contributed by atoms with Crippen molar-refractivity contribution in [2.75, 3.05) is 0 Å². The summed E-state index contributed by atoms with van der Waals surface area (Å²) in [6, 6.07) is 0. The number of carbonyl (C=O) groups excluding carboxylic acids is 1. The van der Waals surface area contributed by atoms with Crippen molar-refractivity contribution < 1.29 is 9.90 Å². The van der Waals surface area contributed by atoms with Crippen LogP contribution in [0.2, 0.25) is 0 Å². The number of nitrogens with zero attached hydrogens (tertiary/aromatic N) is 2. The molecule has 1 saturated carbocycles. The fourth-order valence-electron chi connectivity index (χ4n) is 1.65. The van der Waals surface area contributed by atoms with Crippen LogP contribution in [0.5, 0.6) is 0 Å². The lowest BCUT2D eigenvalue weighted by Crippen LogP contribution is -2.33. The van der Waals surface area contributed by atoms with Gasteiger partial charge < -0.3 is 5.11 Å². The monoisotopic (exact) mass is 181 g/mol. The number of allylic oxidation sites excluding steroid dienone is 1. The third kappa shape index (κ3) is 1.69. The maximum Gasteiger partial charge on any atom is 0.388 e. The van der Waals surface area contributed by atoms with E-state index in [1.165, 1.54) is 0 Å². The molecule has 0 heterocycles. The molecule has 70 valence electrons. The highest BCUT2D eigenvalue weighted by molar-refractivity contribution is 5.87. The second-order valence-corrected chi connectivity index (χ2v) is 3.59. The third-order valence-corrected chi connectivity index (χ3v) is 2.69. The minimum absolute atomic E-state index is 0.0242. The summed E-state index contributed by atoms with van der Waals surface area (Å²) in [5.74, 6) is -0.115. The normalized spacial score (nSPS) is 29.8. The molecule has 1 fully saturated rings. The molecule has 1 aliphatic rings. The zero-order valence-electron chi connectivity index (χ0n) is 7.66. The van der Waals surface area contributed by atoms with E-state index in [2.05, 4.69) is 4.98 Å². The van der Waals surface area contributed by atoms with Gasteiger partial charge in [-0.15, -0.1) is 0 Å². The van der Waals surface area contributed by atoms with Gasteiger partial charge in [0.05, 0.1) is 5.41 Å². The topological polar surface area (TPSA) is 65.4 Å². The predicted molar refractivity (Wildman–Crippen MR) is 47.4 cm³/mol. The van der Waals surface area contributed by atoms with Gasteiger partial charge in [-0.05, 0) is 19.8 Å². The largest absolute Gasteiger partial charge is 0.505 e. The fraction of sp³-hybridized carbons (Fsp3) is 0.667. The van der Waals surface area contributed by atoms with E-state index < -0.39 is 5.41 Å². The van der Waals surface area contributed by atoms with E-state index in [0.717, 1.165) is 19.0 Å². The smallest absolute Gasteiger partial charge is 0.388 e. The van der Waals surface area contributed by atoms with Crippen LogP contribution in [0.15, 0.2) is 12.0 Å². The Labute approximate surface area is 76.9 Å². The van der Waals surface area contributed by atoms with E-state index >= 15 is 0 Å². The summed E-state index contributed by atoms with van der Waals surface area (Å²) >= 11 is 0. The Morgan fingerprint density at radius 3 is 2.92 bits per heavy atom. The molecule has 0 aromatic heterocycles. The standard InChI is InChI=1S/C9H12N2O2/c1-9(8(13)6-11-10)5-3-2-4-7(9)12/h6H,2-5H2,1H3/p+1/b8-6-. The Hall–Kier alpha value is -1.37. The first kappa shape index (κ1) is 9.72. The van der Waals surface area contributed by atoms with Crippen molar-refractivity contribution in [1.82, 2.24) is 0 Å². The highest BCUT2D eigenvalue weighted by atomic mass is 16.3. The molecule has 0 spiro atoms. The van der Waals surface area contributed by atoms with Crippen LogP contribution < -0.4 is 0 Å². The van der Waals surface area contributed by atoms with Crippen LogP contribution >= 0.6 is 0 Å². The quantitative estimate of drug-likeness (QED) is 0.499. The Morgan fingerprint density at radius 2 is 2.38 bits per heavy atom. The van der Waals surface area contributed by atoms with Crippen molar-refractivity contribution in [3.05, 3.63) is 16.9 Å². The van der Waals surface area contributed by atoms with Crippen molar-refractivity contribution in [3.63, 3.8) is 0 Å². The van der Waals surface area contributed by atoms with Crippen molar-refractivity contribution in [2.24, 2.45) is 5.41 Å². The summed E-state index contributed by atoms with van der Waals surface area (Å²) in [6.07, 6.45) is 3.87. The highest BCUT2D eigenvalue weighted by Gasteiger charge is 2.40. The second kappa shape index (κ2) is 3.56. The van der Waals surface area contributed by atoms with Gasteiger partial charge in [0.25, 0.3) is 0 Å². The Balaban J connectivity index is 2.91. The molecule has 4 nitrogen and oxygen atoms in total. The number of ketones is 1. The molecule has 1 aliphatic carbocycles. The Morgan fingerprint density at radius 1 is 1.69 bits per heavy atom. The van der Waals surface area contributed by atoms with Crippen molar-refractivity contribution in [2.45, 2.75) is 32.6 Å². The number of aliphatic hydroxyl groups excluding tert-OH is 1. The van der Waals surface area contributed by atoms with Gasteiger partial charge in [-0.1, -0.05) is 6.42 Å². The van der Waals surface area contributed by atoms with E-state index in [0.29, 0.717) is 12.8 Å². The van der Waals surface area contributed by atoms with Crippen molar-refractivity contribution in [3.8, 4) is 0 Å². The van der Waals surface area contributed by atoms with E-state index in [4.69, 9.17) is 5.39 Å². The Kier molecular flexibility index (Phi) is 2.66. The van der Waals surface area contributed by atoms with Crippen LogP contribution in [0.3, 0.4) is 0 Å². The lowest BCUT2D eigenvalue weighted by atomic mass is 9.73. The molecule has 13 heavy (non-hydrogen) atoms. The van der Waals surface area contributed by atoms with Crippen LogP contribution in [0.1, 0.15) is 32.6 Å². The fourth-order valence-corrected chi connectivity index (χ4v) is 1.65. The molecular weight excluding hydrogens is 168 g/mol. The summed E-state index contributed by atoms with van der Waals surface area (Å²) in [4.78, 5) is 14.2. The summed E-state index contributed by atoms with van der Waals surface area (Å²) < 4.78 is 0. The maximum absolute atomic E-state index is 11.5. The van der Waals surface area contributed by atoms with Crippen molar-refractivity contribution in [1.29, 1.82) is 5.39 Å². The highest BCUT2D eigenvalue weighted by Crippen LogP contribution is 2.37. The molecule has 1 unspecified atom stereocenters. The third-order valence-electron chi connectivity index (χ3n) is 2.69. The molecule has 1 atom stereocenters. The number of carbonyl (C=O) groups is 1. The van der Waals surface area contributed by atoms with Gasteiger partial charge in [-0.2, -0.15) is 0 Å². The average molecular weight is 181 g/mol. The van der Waals surface area contributed by atoms with Crippen molar-refractivity contribution >= 4 is 5.78 Å². The molecule has 0 saturated heterocycles. The van der Waals surface area contributed by atoms with Gasteiger partial charge in [-0.3, -0.25) is 4.79 Å². The van der Waals surface area contributed by atoms with Crippen LogP contribution in [0, 0.1) is 10.8 Å². The number of aliphatic hydroxyl groups is 1. The molecule has 0 amide bonds. The lowest BCUT2D eigenvalue weighted by molar-refractivity contribution is -0.129. The van der Waals surface area contributed by atoms with Crippen LogP contribution in [-0.2, 0) is 4.79 Å². The van der Waals surface area contributed by atoms with Gasteiger partial charge in [-0.25, -0.2) is 0 Å². The van der Waals surface area contributed by atoms with Gasteiger partial charge in [0.1, 0.15) is 5.78 Å². The van der Waals surface area contributed by atoms with E-state index in [1.54, 1.807) is 6.92 Å². The molecular formula is C9H13N2O2+. The number of hydrogen-bond donors (Lipinski definition) is 1. The van der Waals surface area contributed by atoms with E-state index in [-0.39, 0.29) is 11.5 Å². The summed E-state index contributed by atoms with van der Waals surface area (Å²) in [6.45, 7) is 1.69. The SMILES string of the molecule is CC1(/C(O)=C/[N+]#N)CCCCC1=O. The minimum Gasteiger partial charge on any atom is -0.505 e. The van der Waals surface area contributed by atoms with Gasteiger partial charge in [0, 0.05) is 6.42 Å². The van der Waals surface area contributed by atoms with E-state index in [1.807, 2.05) is 0 Å². The lowest BCUT2D eigenvalue weighted by Gasteiger charge is -2.29. The second-order valence-electron chi connectivity index (χ2n) is 3.59. The molecule has 1 rings (SSSR count). The average Bonchev–Trinajstić information content (AvgIpc) is 2.11. The van der Waals surface area contributed by atoms with Gasteiger partial charge in [0.2, 0.25) is 5.39 Å². The summed E-state index contributed by atoms with van der Waals surface area (Å²) in [7, 11) is 0. The van der Waals surface area contributed by atoms with Gasteiger partial charge >= 0.3 is 6.20 Å². The zero-order valence-corrected chi connectivity index (χ0v) is 7.66. The molecule has 0 aliphatic heterocycles. The Bertz CT molecular complexity index is 290. The van der Waals surface area contributed by atoms with Crippen LogP contribution in [0.25, 0.3) is 4.98 Å². The van der Waals surface area contributed by atoms with Crippen LogP contribution in [0.4, 0.5) is 0 Å². The number of diazo groups is 1. The predicted octanol–water partition coefficient (Wildman–Crippen LogP) is 2.39. The molecule has 0 aromatic rings. The number of rotatable bonds is 1. The first-order valence-corrected chi connectivity index (χ1v) is 4.38. The molecule has 0 bridgehead atoms. The zero-order chi connectivity index (χ0) is 9.90.